The highest BCUT2D eigenvalue weighted by Gasteiger charge is 2.12. The highest BCUT2D eigenvalue weighted by atomic mass is 79.9. The molecule has 0 heterocycles. The molecule has 1 nitrogen and oxygen atoms in total. The van der Waals surface area contributed by atoms with Gasteiger partial charge in [-0.05, 0) is 59.3 Å². The summed E-state index contributed by atoms with van der Waals surface area (Å²) in [6.07, 6.45) is 0. The zero-order valence-electron chi connectivity index (χ0n) is 10.1. The van der Waals surface area contributed by atoms with Crippen LogP contribution in [0.15, 0.2) is 45.3 Å². The molecule has 1 atom stereocenters. The fraction of sp³-hybridized carbons (Fsp3) is 0.143. The van der Waals surface area contributed by atoms with Gasteiger partial charge < -0.3 is 5.32 Å². The van der Waals surface area contributed by atoms with Crippen LogP contribution in [0.5, 0.6) is 0 Å². The van der Waals surface area contributed by atoms with Crippen LogP contribution >= 0.6 is 31.9 Å². The van der Waals surface area contributed by atoms with E-state index in [1.165, 1.54) is 12.1 Å². The third-order valence-corrected chi connectivity index (χ3v) is 3.86. The van der Waals surface area contributed by atoms with Gasteiger partial charge in [0.1, 0.15) is 11.6 Å². The fourth-order valence-corrected chi connectivity index (χ4v) is 2.39. The first-order valence-electron chi connectivity index (χ1n) is 5.64. The smallest absolute Gasteiger partial charge is 0.139 e. The molecule has 0 radical (unpaired) electrons. The maximum Gasteiger partial charge on any atom is 0.139 e. The van der Waals surface area contributed by atoms with Crippen molar-refractivity contribution in [3.05, 3.63) is 62.5 Å². The molecule has 0 amide bonds. The van der Waals surface area contributed by atoms with Crippen molar-refractivity contribution in [3.8, 4) is 0 Å². The minimum absolute atomic E-state index is 0.266. The summed E-state index contributed by atoms with van der Waals surface area (Å²) in [6, 6.07) is 9.21. The molecule has 0 saturated heterocycles. The average Bonchev–Trinajstić information content (AvgIpc) is 2.36. The van der Waals surface area contributed by atoms with Crippen LogP contribution in [-0.4, -0.2) is 0 Å². The predicted octanol–water partition coefficient (Wildman–Crippen LogP) is 5.66. The van der Waals surface area contributed by atoms with Crippen LogP contribution in [0, 0.1) is 11.6 Å². The largest absolute Gasteiger partial charge is 0.378 e. The second-order valence-corrected chi connectivity index (χ2v) is 5.93. The van der Waals surface area contributed by atoms with E-state index < -0.39 is 0 Å². The van der Waals surface area contributed by atoms with Crippen molar-refractivity contribution in [2.24, 2.45) is 0 Å². The molecule has 0 bridgehead atoms. The summed E-state index contributed by atoms with van der Waals surface area (Å²) in [6.45, 7) is 1.82. The molecular weight excluding hydrogens is 380 g/mol. The molecule has 0 aliphatic rings. The van der Waals surface area contributed by atoms with E-state index in [1.54, 1.807) is 24.3 Å². The van der Waals surface area contributed by atoms with Gasteiger partial charge in [0.2, 0.25) is 0 Å². The van der Waals surface area contributed by atoms with Gasteiger partial charge in [-0.25, -0.2) is 8.78 Å². The number of nitrogens with one attached hydrogen (secondary N) is 1. The standard InChI is InChI=1S/C14H11Br2F2N/c1-8(11-6-9(15)2-5-13(11)17)19-10-3-4-12(16)14(18)7-10/h2-8,19H,1H3. The summed E-state index contributed by atoms with van der Waals surface area (Å²) in [4.78, 5) is 0. The quantitative estimate of drug-likeness (QED) is 0.712. The Morgan fingerprint density at radius 1 is 1.00 bits per heavy atom. The second kappa shape index (κ2) is 6.01. The van der Waals surface area contributed by atoms with Crippen molar-refractivity contribution in [2.75, 3.05) is 5.32 Å². The highest BCUT2D eigenvalue weighted by Crippen LogP contribution is 2.26. The van der Waals surface area contributed by atoms with E-state index in [9.17, 15) is 8.78 Å². The summed E-state index contributed by atoms with van der Waals surface area (Å²) >= 11 is 6.40. The van der Waals surface area contributed by atoms with Crippen LogP contribution in [0.3, 0.4) is 0 Å². The first-order chi connectivity index (χ1) is 8.97. The van der Waals surface area contributed by atoms with Crippen molar-refractivity contribution < 1.29 is 8.78 Å². The fourth-order valence-electron chi connectivity index (χ4n) is 1.76. The maximum absolute atomic E-state index is 13.7. The number of rotatable bonds is 3. The van der Waals surface area contributed by atoms with E-state index >= 15 is 0 Å². The molecule has 19 heavy (non-hydrogen) atoms. The number of halogens is 4. The Morgan fingerprint density at radius 2 is 1.74 bits per heavy atom. The molecule has 0 aliphatic heterocycles. The van der Waals surface area contributed by atoms with Crippen molar-refractivity contribution in [3.63, 3.8) is 0 Å². The first-order valence-corrected chi connectivity index (χ1v) is 7.22. The van der Waals surface area contributed by atoms with Crippen LogP contribution in [0.4, 0.5) is 14.5 Å². The van der Waals surface area contributed by atoms with Crippen molar-refractivity contribution in [1.82, 2.24) is 0 Å². The number of hydrogen-bond acceptors (Lipinski definition) is 1. The lowest BCUT2D eigenvalue weighted by atomic mass is 10.1. The van der Waals surface area contributed by atoms with Gasteiger partial charge in [0.05, 0.1) is 10.5 Å². The van der Waals surface area contributed by atoms with Gasteiger partial charge in [-0.2, -0.15) is 0 Å². The molecule has 5 heteroatoms. The third-order valence-electron chi connectivity index (χ3n) is 2.73. The third kappa shape index (κ3) is 3.54. The minimum Gasteiger partial charge on any atom is -0.378 e. The summed E-state index contributed by atoms with van der Waals surface area (Å²) in [7, 11) is 0. The summed E-state index contributed by atoms with van der Waals surface area (Å²) < 4.78 is 28.3. The Kier molecular flexibility index (Phi) is 4.58. The van der Waals surface area contributed by atoms with E-state index in [4.69, 9.17) is 0 Å². The van der Waals surface area contributed by atoms with E-state index in [-0.39, 0.29) is 17.7 Å². The van der Waals surface area contributed by atoms with Gasteiger partial charge in [0, 0.05) is 15.7 Å². The van der Waals surface area contributed by atoms with E-state index in [0.717, 1.165) is 4.47 Å². The Hall–Kier alpha value is -0.940. The molecule has 1 unspecified atom stereocenters. The van der Waals surface area contributed by atoms with Crippen LogP contribution in [0.1, 0.15) is 18.5 Å². The molecule has 0 saturated carbocycles. The average molecular weight is 391 g/mol. The molecule has 2 rings (SSSR count). The summed E-state index contributed by atoms with van der Waals surface area (Å²) in [5.41, 5.74) is 1.13. The summed E-state index contributed by atoms with van der Waals surface area (Å²) in [5.74, 6) is -0.646. The number of hydrogen-bond donors (Lipinski definition) is 1. The van der Waals surface area contributed by atoms with Crippen molar-refractivity contribution >= 4 is 37.5 Å². The van der Waals surface area contributed by atoms with E-state index in [0.29, 0.717) is 15.7 Å². The molecule has 0 spiro atoms. The molecule has 100 valence electrons. The minimum atomic E-state index is -0.355. The van der Waals surface area contributed by atoms with Gasteiger partial charge in [0.25, 0.3) is 0 Å². The van der Waals surface area contributed by atoms with Gasteiger partial charge in [0.15, 0.2) is 0 Å². The van der Waals surface area contributed by atoms with Crippen LogP contribution in [-0.2, 0) is 0 Å². The monoisotopic (exact) mass is 389 g/mol. The SMILES string of the molecule is CC(Nc1ccc(Br)c(F)c1)c1cc(Br)ccc1F. The molecule has 2 aromatic carbocycles. The molecule has 0 aromatic heterocycles. The molecule has 0 fully saturated rings. The van der Waals surface area contributed by atoms with Gasteiger partial charge in [-0.3, -0.25) is 0 Å². The van der Waals surface area contributed by atoms with Crippen LogP contribution in [0.25, 0.3) is 0 Å². The number of benzene rings is 2. The molecule has 1 N–H and O–H groups in total. The Bertz CT molecular complexity index is 602. The zero-order valence-corrected chi connectivity index (χ0v) is 13.2. The molecular formula is C14H11Br2F2N. The Balaban J connectivity index is 2.22. The van der Waals surface area contributed by atoms with Gasteiger partial charge in [-0.1, -0.05) is 15.9 Å². The highest BCUT2D eigenvalue weighted by molar-refractivity contribution is 9.10. The van der Waals surface area contributed by atoms with E-state index in [1.807, 2.05) is 6.92 Å². The van der Waals surface area contributed by atoms with Crippen LogP contribution < -0.4 is 5.32 Å². The zero-order chi connectivity index (χ0) is 14.0. The van der Waals surface area contributed by atoms with Crippen LogP contribution in [0.2, 0.25) is 0 Å². The molecule has 0 aliphatic carbocycles. The van der Waals surface area contributed by atoms with Gasteiger partial charge in [-0.15, -0.1) is 0 Å². The second-order valence-electron chi connectivity index (χ2n) is 4.16. The topological polar surface area (TPSA) is 12.0 Å². The lowest BCUT2D eigenvalue weighted by Crippen LogP contribution is -2.08. The van der Waals surface area contributed by atoms with E-state index in [2.05, 4.69) is 37.2 Å². The Morgan fingerprint density at radius 3 is 2.42 bits per heavy atom. The normalized spacial score (nSPS) is 12.3. The molecule has 2 aromatic rings. The van der Waals surface area contributed by atoms with Crippen molar-refractivity contribution in [1.29, 1.82) is 0 Å². The predicted molar refractivity (Wildman–Crippen MR) is 80.2 cm³/mol. The van der Waals surface area contributed by atoms with Gasteiger partial charge >= 0.3 is 0 Å². The first kappa shape index (κ1) is 14.5. The number of anilines is 1. The lowest BCUT2D eigenvalue weighted by Gasteiger charge is -2.17. The van der Waals surface area contributed by atoms with Crippen molar-refractivity contribution in [2.45, 2.75) is 13.0 Å². The lowest BCUT2D eigenvalue weighted by molar-refractivity contribution is 0.599. The summed E-state index contributed by atoms with van der Waals surface area (Å²) in [5, 5.41) is 3.07. The Labute approximate surface area is 127 Å². The maximum atomic E-state index is 13.7.